The summed E-state index contributed by atoms with van der Waals surface area (Å²) in [7, 11) is 0. The molecule has 3 N–H and O–H groups in total. The molecule has 3 aromatic carbocycles. The zero-order chi connectivity index (χ0) is 23.7. The summed E-state index contributed by atoms with van der Waals surface area (Å²) >= 11 is 7.04. The third-order valence-electron chi connectivity index (χ3n) is 5.06. The van der Waals surface area contributed by atoms with Gasteiger partial charge in [-0.15, -0.1) is 0 Å². The second-order valence-corrected chi connectivity index (χ2v) is 8.88. The van der Waals surface area contributed by atoms with Gasteiger partial charge in [0.1, 0.15) is 35.5 Å². The van der Waals surface area contributed by atoms with Crippen molar-refractivity contribution in [1.82, 2.24) is 0 Å². The molecule has 1 heterocycles. The molecule has 1 aliphatic rings. The van der Waals surface area contributed by atoms with E-state index in [0.29, 0.717) is 31.6 Å². The Morgan fingerprint density at radius 3 is 2.58 bits per heavy atom. The van der Waals surface area contributed by atoms with Crippen LogP contribution in [0.3, 0.4) is 0 Å². The molecule has 4 rings (SSSR count). The van der Waals surface area contributed by atoms with E-state index in [4.69, 9.17) is 15.2 Å². The van der Waals surface area contributed by atoms with Gasteiger partial charge in [-0.05, 0) is 61.2 Å². The maximum absolute atomic E-state index is 11.0. The summed E-state index contributed by atoms with van der Waals surface area (Å²) in [5, 5.41) is 30.5. The van der Waals surface area contributed by atoms with Crippen molar-refractivity contribution in [2.24, 2.45) is 5.73 Å². The van der Waals surface area contributed by atoms with E-state index < -0.39 is 10.8 Å². The second kappa shape index (κ2) is 9.13. The number of nitro benzene ring substituents is 1. The molecular weight excluding hydrogens is 558 g/mol. The summed E-state index contributed by atoms with van der Waals surface area (Å²) in [6, 6.07) is 16.6. The van der Waals surface area contributed by atoms with Gasteiger partial charge in [0, 0.05) is 23.8 Å². The van der Waals surface area contributed by atoms with Gasteiger partial charge in [-0.25, -0.2) is 0 Å². The van der Waals surface area contributed by atoms with Gasteiger partial charge in [-0.3, -0.25) is 10.1 Å². The van der Waals surface area contributed by atoms with Crippen molar-refractivity contribution in [3.63, 3.8) is 0 Å². The molecule has 1 aliphatic heterocycles. The number of phenols is 1. The standard InChI is InChI=1S/C23H15Br2N3O5/c24-18-7-13(21-16-5-4-15(29)9-20(16)33-23(27)17(21)10-26)8-19(25)22(18)32-11-12-2-1-3-14(6-12)28(30)31/h1-9,21,29H,11,27H2/t21-/m1/s1. The molecule has 3 aromatic rings. The average Bonchev–Trinajstić information content (AvgIpc) is 2.77. The number of aromatic hydroxyl groups is 1. The zero-order valence-electron chi connectivity index (χ0n) is 16.8. The Morgan fingerprint density at radius 2 is 1.91 bits per heavy atom. The van der Waals surface area contributed by atoms with Gasteiger partial charge in [0.2, 0.25) is 5.88 Å². The summed E-state index contributed by atoms with van der Waals surface area (Å²) in [6.07, 6.45) is 0. The molecule has 0 amide bonds. The lowest BCUT2D eigenvalue weighted by molar-refractivity contribution is -0.384. The zero-order valence-corrected chi connectivity index (χ0v) is 20.0. The second-order valence-electron chi connectivity index (χ2n) is 7.18. The van der Waals surface area contributed by atoms with Crippen molar-refractivity contribution < 1.29 is 19.5 Å². The lowest BCUT2D eigenvalue weighted by Crippen LogP contribution is -2.21. The van der Waals surface area contributed by atoms with E-state index >= 15 is 0 Å². The molecule has 0 saturated heterocycles. The van der Waals surface area contributed by atoms with Gasteiger partial charge in [0.25, 0.3) is 5.69 Å². The molecule has 166 valence electrons. The van der Waals surface area contributed by atoms with E-state index in [-0.39, 0.29) is 29.5 Å². The third-order valence-corrected chi connectivity index (χ3v) is 6.24. The Labute approximate surface area is 205 Å². The van der Waals surface area contributed by atoms with Gasteiger partial charge in [0.15, 0.2) is 0 Å². The van der Waals surface area contributed by atoms with Crippen molar-refractivity contribution >= 4 is 37.5 Å². The van der Waals surface area contributed by atoms with Gasteiger partial charge in [-0.1, -0.05) is 18.2 Å². The molecule has 0 bridgehead atoms. The highest BCUT2D eigenvalue weighted by molar-refractivity contribution is 9.11. The Morgan fingerprint density at radius 1 is 1.18 bits per heavy atom. The van der Waals surface area contributed by atoms with Gasteiger partial charge < -0.3 is 20.3 Å². The number of allylic oxidation sites excluding steroid dienone is 1. The molecule has 1 atom stereocenters. The number of nitrogens with zero attached hydrogens (tertiary/aromatic N) is 2. The number of rotatable bonds is 5. The minimum absolute atomic E-state index is 0.0118. The number of nitrogens with two attached hydrogens (primary N) is 1. The molecule has 0 aromatic heterocycles. The van der Waals surface area contributed by atoms with Crippen LogP contribution in [0.15, 0.2) is 75.0 Å². The molecule has 10 heteroatoms. The predicted molar refractivity (Wildman–Crippen MR) is 127 cm³/mol. The minimum Gasteiger partial charge on any atom is -0.508 e. The quantitative estimate of drug-likeness (QED) is 0.299. The van der Waals surface area contributed by atoms with Gasteiger partial charge in [0.05, 0.1) is 19.8 Å². The first-order valence-corrected chi connectivity index (χ1v) is 11.1. The van der Waals surface area contributed by atoms with Crippen molar-refractivity contribution in [3.8, 4) is 23.3 Å². The Hall–Kier alpha value is -3.55. The van der Waals surface area contributed by atoms with E-state index in [2.05, 4.69) is 37.9 Å². The smallest absolute Gasteiger partial charge is 0.269 e. The fraction of sp³-hybridized carbons (Fsp3) is 0.0870. The number of hydrogen-bond acceptors (Lipinski definition) is 7. The number of ether oxygens (including phenoxy) is 2. The summed E-state index contributed by atoms with van der Waals surface area (Å²) in [6.45, 7) is 0.119. The highest BCUT2D eigenvalue weighted by Gasteiger charge is 2.31. The van der Waals surface area contributed by atoms with E-state index in [9.17, 15) is 20.5 Å². The first kappa shape index (κ1) is 22.6. The van der Waals surface area contributed by atoms with E-state index in [1.54, 1.807) is 18.2 Å². The number of halogens is 2. The number of non-ortho nitro benzene ring substituents is 1. The van der Waals surface area contributed by atoms with Crippen LogP contribution in [0.25, 0.3) is 0 Å². The molecule has 0 saturated carbocycles. The van der Waals surface area contributed by atoms with E-state index in [0.717, 1.165) is 5.56 Å². The Kier molecular flexibility index (Phi) is 6.26. The topological polar surface area (TPSA) is 132 Å². The summed E-state index contributed by atoms with van der Waals surface area (Å²) < 4.78 is 12.7. The van der Waals surface area contributed by atoms with Crippen LogP contribution in [-0.4, -0.2) is 10.0 Å². The lowest BCUT2D eigenvalue weighted by atomic mass is 9.83. The fourth-order valence-corrected chi connectivity index (χ4v) is 5.04. The van der Waals surface area contributed by atoms with Crippen LogP contribution in [0, 0.1) is 21.4 Å². The first-order valence-electron chi connectivity index (χ1n) is 9.54. The van der Waals surface area contributed by atoms with Crippen LogP contribution in [0.5, 0.6) is 17.2 Å². The Bertz CT molecular complexity index is 1330. The monoisotopic (exact) mass is 571 g/mol. The van der Waals surface area contributed by atoms with Gasteiger partial charge >= 0.3 is 0 Å². The average molecular weight is 573 g/mol. The van der Waals surface area contributed by atoms with Crippen molar-refractivity contribution in [2.45, 2.75) is 12.5 Å². The van der Waals surface area contributed by atoms with Crippen LogP contribution in [-0.2, 0) is 6.61 Å². The fourth-order valence-electron chi connectivity index (χ4n) is 3.59. The molecule has 8 nitrogen and oxygen atoms in total. The van der Waals surface area contributed by atoms with Crippen LogP contribution >= 0.6 is 31.9 Å². The number of phenolic OH excluding ortho intramolecular Hbond substituents is 1. The number of benzene rings is 3. The maximum Gasteiger partial charge on any atom is 0.269 e. The van der Waals surface area contributed by atoms with E-state index in [1.165, 1.54) is 24.3 Å². The molecule has 0 radical (unpaired) electrons. The molecule has 0 spiro atoms. The van der Waals surface area contributed by atoms with E-state index in [1.807, 2.05) is 12.1 Å². The molecular formula is C23H15Br2N3O5. The normalized spacial score (nSPS) is 14.8. The Balaban J connectivity index is 1.68. The third kappa shape index (κ3) is 4.51. The van der Waals surface area contributed by atoms with Crippen LogP contribution < -0.4 is 15.2 Å². The number of fused-ring (bicyclic) bond motifs is 1. The molecule has 33 heavy (non-hydrogen) atoms. The highest BCUT2D eigenvalue weighted by Crippen LogP contribution is 2.46. The SMILES string of the molecule is N#CC1=C(N)Oc2cc(O)ccc2[C@H]1c1cc(Br)c(OCc2cccc([N+](=O)[O-])c2)c(Br)c1. The van der Waals surface area contributed by atoms with Gasteiger partial charge in [-0.2, -0.15) is 5.26 Å². The van der Waals surface area contributed by atoms with Crippen LogP contribution in [0.1, 0.15) is 22.6 Å². The molecule has 0 fully saturated rings. The summed E-state index contributed by atoms with van der Waals surface area (Å²) in [5.41, 5.74) is 8.30. The highest BCUT2D eigenvalue weighted by atomic mass is 79.9. The lowest BCUT2D eigenvalue weighted by Gasteiger charge is -2.27. The van der Waals surface area contributed by atoms with Crippen LogP contribution in [0.2, 0.25) is 0 Å². The number of nitro groups is 1. The predicted octanol–water partition coefficient (Wildman–Crippen LogP) is 5.62. The molecule has 0 unspecified atom stereocenters. The largest absolute Gasteiger partial charge is 0.508 e. The number of hydrogen-bond donors (Lipinski definition) is 2. The molecule has 0 aliphatic carbocycles. The minimum atomic E-state index is -0.516. The van der Waals surface area contributed by atoms with Crippen molar-refractivity contribution in [3.05, 3.63) is 102 Å². The first-order chi connectivity index (χ1) is 15.8. The van der Waals surface area contributed by atoms with Crippen LogP contribution in [0.4, 0.5) is 5.69 Å². The van der Waals surface area contributed by atoms with Crippen molar-refractivity contribution in [1.29, 1.82) is 5.26 Å². The summed E-state index contributed by atoms with van der Waals surface area (Å²) in [4.78, 5) is 10.5. The summed E-state index contributed by atoms with van der Waals surface area (Å²) in [5.74, 6) is 0.345. The maximum atomic E-state index is 11.0. The number of nitriles is 1. The van der Waals surface area contributed by atoms with Crippen molar-refractivity contribution in [2.75, 3.05) is 0 Å².